The fourth-order valence-corrected chi connectivity index (χ4v) is 3.42. The van der Waals surface area contributed by atoms with Crippen LogP contribution in [0.15, 0.2) is 39.8 Å². The van der Waals surface area contributed by atoms with Crippen LogP contribution in [0, 0.1) is 5.82 Å². The number of halogens is 1. The van der Waals surface area contributed by atoms with Crippen molar-refractivity contribution in [2.24, 2.45) is 5.84 Å². The zero-order chi connectivity index (χ0) is 15.5. The number of thioether (sulfide) groups is 1. The van der Waals surface area contributed by atoms with Crippen molar-refractivity contribution < 1.29 is 13.6 Å². The Hall–Kier alpha value is -1.99. The fraction of sp³-hybridized carbons (Fsp3) is 0.267. The van der Waals surface area contributed by atoms with Crippen LogP contribution < -0.4 is 16.6 Å². The molecule has 0 bridgehead atoms. The first-order valence-electron chi connectivity index (χ1n) is 6.94. The van der Waals surface area contributed by atoms with E-state index >= 15 is 0 Å². The van der Waals surface area contributed by atoms with Crippen LogP contribution in [-0.2, 0) is 5.75 Å². The minimum atomic E-state index is -0.534. The van der Waals surface area contributed by atoms with Crippen LogP contribution in [0.4, 0.5) is 14.9 Å². The number of carbonyl (C=O) groups excluding carboxylic acids is 1. The van der Waals surface area contributed by atoms with Crippen molar-refractivity contribution in [3.05, 3.63) is 47.7 Å². The van der Waals surface area contributed by atoms with Gasteiger partial charge in [0.15, 0.2) is 0 Å². The van der Waals surface area contributed by atoms with Crippen molar-refractivity contribution in [3.63, 3.8) is 0 Å². The van der Waals surface area contributed by atoms with Gasteiger partial charge in [-0.05, 0) is 43.0 Å². The molecule has 1 aliphatic carbocycles. The number of anilines is 1. The van der Waals surface area contributed by atoms with E-state index in [2.05, 4.69) is 5.32 Å². The molecule has 2 amide bonds. The predicted octanol–water partition coefficient (Wildman–Crippen LogP) is 3.58. The van der Waals surface area contributed by atoms with Crippen LogP contribution in [0.2, 0.25) is 0 Å². The monoisotopic (exact) mass is 321 g/mol. The summed E-state index contributed by atoms with van der Waals surface area (Å²) in [5.74, 6) is 6.46. The third kappa shape index (κ3) is 3.26. The fourth-order valence-electron chi connectivity index (χ4n) is 2.28. The van der Waals surface area contributed by atoms with E-state index in [-0.39, 0.29) is 11.7 Å². The van der Waals surface area contributed by atoms with Crippen LogP contribution in [0.5, 0.6) is 0 Å². The summed E-state index contributed by atoms with van der Waals surface area (Å²) in [4.78, 5) is 12.2. The van der Waals surface area contributed by atoms with Gasteiger partial charge in [0.05, 0.1) is 17.7 Å². The molecule has 1 saturated carbocycles. The van der Waals surface area contributed by atoms with Gasteiger partial charge >= 0.3 is 6.03 Å². The van der Waals surface area contributed by atoms with Gasteiger partial charge in [-0.15, -0.1) is 11.8 Å². The smallest absolute Gasteiger partial charge is 0.333 e. The van der Waals surface area contributed by atoms with Crippen LogP contribution in [0.3, 0.4) is 0 Å². The molecule has 5 nitrogen and oxygen atoms in total. The topological polar surface area (TPSA) is 80.3 Å². The summed E-state index contributed by atoms with van der Waals surface area (Å²) in [5.41, 5.74) is 3.25. The Kier molecular flexibility index (Phi) is 4.35. The lowest BCUT2D eigenvalue weighted by Crippen LogP contribution is -2.34. The first-order chi connectivity index (χ1) is 10.7. The number of hydrazine groups is 1. The number of amides is 2. The molecule has 116 valence electrons. The predicted molar refractivity (Wildman–Crippen MR) is 83.0 cm³/mol. The molecule has 1 aromatic carbocycles. The number of benzene rings is 1. The van der Waals surface area contributed by atoms with E-state index in [9.17, 15) is 9.18 Å². The number of hydrogen-bond acceptors (Lipinski definition) is 4. The van der Waals surface area contributed by atoms with Gasteiger partial charge in [0.2, 0.25) is 0 Å². The lowest BCUT2D eigenvalue weighted by Gasteiger charge is -2.15. The Morgan fingerprint density at radius 2 is 2.23 bits per heavy atom. The Labute approximate surface area is 131 Å². The lowest BCUT2D eigenvalue weighted by molar-refractivity contribution is 0.252. The number of furan rings is 1. The summed E-state index contributed by atoms with van der Waals surface area (Å²) < 4.78 is 19.5. The highest BCUT2D eigenvalue weighted by molar-refractivity contribution is 7.98. The number of carbonyl (C=O) groups is 1. The Morgan fingerprint density at radius 1 is 1.41 bits per heavy atom. The molecule has 1 aliphatic rings. The van der Waals surface area contributed by atoms with Crippen molar-refractivity contribution in [2.45, 2.75) is 29.4 Å². The van der Waals surface area contributed by atoms with Crippen molar-refractivity contribution in [1.82, 2.24) is 5.43 Å². The van der Waals surface area contributed by atoms with E-state index in [1.807, 2.05) is 17.6 Å². The highest BCUT2D eigenvalue weighted by Gasteiger charge is 2.31. The molecular formula is C15H16FN3O2S. The van der Waals surface area contributed by atoms with Crippen LogP contribution in [-0.4, -0.2) is 6.03 Å². The van der Waals surface area contributed by atoms with Crippen molar-refractivity contribution in [2.75, 3.05) is 5.32 Å². The molecule has 4 N–H and O–H groups in total. The van der Waals surface area contributed by atoms with Crippen molar-refractivity contribution >= 4 is 23.5 Å². The molecule has 0 atom stereocenters. The van der Waals surface area contributed by atoms with Crippen molar-refractivity contribution in [3.8, 4) is 0 Å². The molecule has 1 aromatic heterocycles. The number of urea groups is 1. The maximum absolute atomic E-state index is 14.2. The Balaban J connectivity index is 1.91. The van der Waals surface area contributed by atoms with Gasteiger partial charge < -0.3 is 9.73 Å². The average molecular weight is 321 g/mol. The number of rotatable bonds is 5. The van der Waals surface area contributed by atoms with Crippen LogP contribution >= 0.6 is 11.8 Å². The zero-order valence-electron chi connectivity index (χ0n) is 11.8. The number of nitrogens with one attached hydrogen (secondary N) is 2. The average Bonchev–Trinajstić information content (AvgIpc) is 3.22. The molecule has 0 aliphatic heterocycles. The SMILES string of the molecule is NNC(=O)Nc1ccc(F)c(C2CC2)c1SCc1ccco1. The molecule has 0 saturated heterocycles. The quantitative estimate of drug-likeness (QED) is 0.340. The third-order valence-electron chi connectivity index (χ3n) is 3.45. The second-order valence-electron chi connectivity index (χ2n) is 5.08. The molecular weight excluding hydrogens is 305 g/mol. The molecule has 0 spiro atoms. The van der Waals surface area contributed by atoms with Crippen molar-refractivity contribution in [1.29, 1.82) is 0 Å². The minimum Gasteiger partial charge on any atom is -0.468 e. The molecule has 22 heavy (non-hydrogen) atoms. The standard InChI is InChI=1S/C15H16FN3O2S/c16-11-5-6-12(18-15(20)19-17)14(13(11)9-3-4-9)22-8-10-2-1-7-21-10/h1-2,5-7,9H,3-4,8,17H2,(H2,18,19,20). The molecule has 0 unspecified atom stereocenters. The summed E-state index contributed by atoms with van der Waals surface area (Å²) in [6.45, 7) is 0. The molecule has 7 heteroatoms. The summed E-state index contributed by atoms with van der Waals surface area (Å²) in [6.07, 6.45) is 3.54. The van der Waals surface area contributed by atoms with E-state index in [1.165, 1.54) is 17.8 Å². The second kappa shape index (κ2) is 6.41. The summed E-state index contributed by atoms with van der Waals surface area (Å²) in [7, 11) is 0. The largest absolute Gasteiger partial charge is 0.468 e. The third-order valence-corrected chi connectivity index (χ3v) is 4.60. The maximum Gasteiger partial charge on any atom is 0.333 e. The summed E-state index contributed by atoms with van der Waals surface area (Å²) in [5, 5.41) is 2.65. The highest BCUT2D eigenvalue weighted by Crippen LogP contribution is 2.48. The van der Waals surface area contributed by atoms with E-state index < -0.39 is 6.03 Å². The molecule has 1 fully saturated rings. The van der Waals surface area contributed by atoms with Gasteiger partial charge in [-0.2, -0.15) is 0 Å². The minimum absolute atomic E-state index is 0.224. The Bertz CT molecular complexity index is 672. The zero-order valence-corrected chi connectivity index (χ0v) is 12.6. The van der Waals surface area contributed by atoms with E-state index in [1.54, 1.807) is 12.3 Å². The molecule has 3 rings (SSSR count). The maximum atomic E-state index is 14.2. The molecule has 2 aromatic rings. The van der Waals surface area contributed by atoms with E-state index in [4.69, 9.17) is 10.3 Å². The molecule has 0 radical (unpaired) electrons. The number of nitrogens with two attached hydrogens (primary N) is 1. The summed E-state index contributed by atoms with van der Waals surface area (Å²) in [6, 6.07) is 6.08. The second-order valence-corrected chi connectivity index (χ2v) is 6.06. The molecule has 1 heterocycles. The Morgan fingerprint density at radius 3 is 2.86 bits per heavy atom. The van der Waals surface area contributed by atoms with Gasteiger partial charge in [0, 0.05) is 10.5 Å². The lowest BCUT2D eigenvalue weighted by atomic mass is 10.1. The van der Waals surface area contributed by atoms with Gasteiger partial charge in [-0.3, -0.25) is 5.43 Å². The summed E-state index contributed by atoms with van der Waals surface area (Å²) >= 11 is 1.45. The van der Waals surface area contributed by atoms with E-state index in [0.717, 1.165) is 23.5 Å². The van der Waals surface area contributed by atoms with Gasteiger partial charge in [0.1, 0.15) is 11.6 Å². The highest BCUT2D eigenvalue weighted by atomic mass is 32.2. The van der Waals surface area contributed by atoms with Crippen LogP contribution in [0.25, 0.3) is 0 Å². The first kappa shape index (κ1) is 14.9. The van der Waals surface area contributed by atoms with Gasteiger partial charge in [-0.1, -0.05) is 0 Å². The number of hydrogen-bond donors (Lipinski definition) is 3. The van der Waals surface area contributed by atoms with Gasteiger partial charge in [0.25, 0.3) is 0 Å². The first-order valence-corrected chi connectivity index (χ1v) is 7.92. The van der Waals surface area contributed by atoms with E-state index in [0.29, 0.717) is 17.0 Å². The van der Waals surface area contributed by atoms with Crippen LogP contribution in [0.1, 0.15) is 30.1 Å². The normalized spacial score (nSPS) is 13.9. The van der Waals surface area contributed by atoms with Gasteiger partial charge in [-0.25, -0.2) is 15.0 Å².